The van der Waals surface area contributed by atoms with Gasteiger partial charge in [-0.1, -0.05) is 0 Å². The van der Waals surface area contributed by atoms with E-state index in [4.69, 9.17) is 9.47 Å². The van der Waals surface area contributed by atoms with Gasteiger partial charge in [-0.3, -0.25) is 0 Å². The Labute approximate surface area is 103 Å². The largest absolute Gasteiger partial charge is 0.444 e. The monoisotopic (exact) mass is 247 g/mol. The van der Waals surface area contributed by atoms with Crippen LogP contribution >= 0.6 is 0 Å². The molecule has 0 bridgehead atoms. The zero-order valence-electron chi connectivity index (χ0n) is 11.7. The highest BCUT2D eigenvalue weighted by molar-refractivity contribution is 5.68. The highest BCUT2D eigenvalue weighted by Gasteiger charge is 2.27. The van der Waals surface area contributed by atoms with Crippen LogP contribution in [-0.4, -0.2) is 42.2 Å². The van der Waals surface area contributed by atoms with E-state index in [0.29, 0.717) is 6.42 Å². The van der Waals surface area contributed by atoms with Crippen molar-refractivity contribution in [3.63, 3.8) is 0 Å². The first kappa shape index (κ1) is 16.2. The Bertz CT molecular complexity index is 243. The number of hydrogen-bond acceptors (Lipinski definition) is 4. The number of methoxy groups -OCH3 is 1. The summed E-state index contributed by atoms with van der Waals surface area (Å²) in [6.07, 6.45) is 0.0561. The predicted octanol–water partition coefficient (Wildman–Crippen LogP) is 1.69. The van der Waals surface area contributed by atoms with E-state index in [0.717, 1.165) is 0 Å². The molecule has 17 heavy (non-hydrogen) atoms. The van der Waals surface area contributed by atoms with Crippen LogP contribution in [0.3, 0.4) is 0 Å². The molecule has 0 unspecified atom stereocenters. The summed E-state index contributed by atoms with van der Waals surface area (Å²) in [5.74, 6) is 0. The minimum absolute atomic E-state index is 0.0934. The molecule has 0 heterocycles. The van der Waals surface area contributed by atoms with Crippen LogP contribution in [0.1, 0.15) is 41.0 Å². The molecule has 0 aromatic rings. The third-order valence-corrected chi connectivity index (χ3v) is 2.33. The molecule has 0 saturated carbocycles. The maximum Gasteiger partial charge on any atom is 0.407 e. The smallest absolute Gasteiger partial charge is 0.407 e. The first-order chi connectivity index (χ1) is 7.62. The van der Waals surface area contributed by atoms with Crippen LogP contribution in [0.2, 0.25) is 0 Å². The molecule has 5 nitrogen and oxygen atoms in total. The summed E-state index contributed by atoms with van der Waals surface area (Å²) in [4.78, 5) is 11.5. The molecule has 0 aromatic heterocycles. The lowest BCUT2D eigenvalue weighted by Crippen LogP contribution is -2.44. The quantitative estimate of drug-likeness (QED) is 0.775. The number of amides is 1. The number of carbonyl (C=O) groups excluding carboxylic acids is 1. The molecule has 0 aliphatic heterocycles. The van der Waals surface area contributed by atoms with Crippen LogP contribution in [-0.2, 0) is 9.47 Å². The van der Waals surface area contributed by atoms with Gasteiger partial charge in [-0.25, -0.2) is 4.79 Å². The van der Waals surface area contributed by atoms with Gasteiger partial charge in [-0.15, -0.1) is 0 Å². The molecule has 0 aromatic carbocycles. The zero-order chi connectivity index (χ0) is 13.7. The third kappa shape index (κ3) is 7.18. The molecule has 1 amide bonds. The van der Waals surface area contributed by atoms with Crippen LogP contribution in [0.25, 0.3) is 0 Å². The molecule has 102 valence electrons. The molecule has 0 fully saturated rings. The van der Waals surface area contributed by atoms with Crippen molar-refractivity contribution in [3.05, 3.63) is 0 Å². The molecule has 0 radical (unpaired) electrons. The summed E-state index contributed by atoms with van der Waals surface area (Å²) in [5.41, 5.74) is -1.15. The molecule has 0 aliphatic rings. The molecule has 0 aliphatic carbocycles. The second-order valence-corrected chi connectivity index (χ2v) is 5.56. The number of carbonyl (C=O) groups is 1. The highest BCUT2D eigenvalue weighted by Crippen LogP contribution is 2.16. The molecule has 2 atom stereocenters. The van der Waals surface area contributed by atoms with E-state index in [2.05, 4.69) is 5.32 Å². The van der Waals surface area contributed by atoms with E-state index >= 15 is 0 Å². The number of nitrogens with one attached hydrogen (secondary N) is 1. The van der Waals surface area contributed by atoms with E-state index in [9.17, 15) is 9.90 Å². The van der Waals surface area contributed by atoms with E-state index in [1.807, 2.05) is 27.7 Å². The van der Waals surface area contributed by atoms with E-state index in [1.165, 1.54) is 7.11 Å². The Morgan fingerprint density at radius 1 is 1.35 bits per heavy atom. The second-order valence-electron chi connectivity index (χ2n) is 5.56. The fourth-order valence-electron chi connectivity index (χ4n) is 1.42. The fraction of sp³-hybridized carbons (Fsp3) is 0.917. The number of rotatable bonds is 5. The molecule has 0 spiro atoms. The van der Waals surface area contributed by atoms with Gasteiger partial charge in [-0.05, 0) is 41.0 Å². The Balaban J connectivity index is 4.18. The average molecular weight is 247 g/mol. The van der Waals surface area contributed by atoms with Gasteiger partial charge in [0.05, 0.1) is 12.2 Å². The lowest BCUT2D eigenvalue weighted by molar-refractivity contribution is -0.0486. The first-order valence-electron chi connectivity index (χ1n) is 5.77. The van der Waals surface area contributed by atoms with Crippen molar-refractivity contribution in [1.29, 1.82) is 0 Å². The van der Waals surface area contributed by atoms with Crippen LogP contribution in [0.4, 0.5) is 4.79 Å². The molecule has 0 saturated heterocycles. The maximum absolute atomic E-state index is 11.5. The van der Waals surface area contributed by atoms with Gasteiger partial charge < -0.3 is 19.9 Å². The van der Waals surface area contributed by atoms with Crippen LogP contribution in [0.15, 0.2) is 0 Å². The SMILES string of the molecule is CO[C@](C)(CO)C[C@H](C)NC(=O)OC(C)(C)C. The summed E-state index contributed by atoms with van der Waals surface area (Å²) in [7, 11) is 1.54. The predicted molar refractivity (Wildman–Crippen MR) is 65.9 cm³/mol. The summed E-state index contributed by atoms with van der Waals surface area (Å²) < 4.78 is 10.3. The Morgan fingerprint density at radius 3 is 2.24 bits per heavy atom. The van der Waals surface area contributed by atoms with Crippen molar-refractivity contribution in [2.75, 3.05) is 13.7 Å². The standard InChI is InChI=1S/C12H25NO4/c1-9(7-12(5,8-14)16-6)13-10(15)17-11(2,3)4/h9,14H,7-8H2,1-6H3,(H,13,15)/t9-,12-/m0/s1. The summed E-state index contributed by atoms with van der Waals surface area (Å²) in [6.45, 7) is 8.97. The Hall–Kier alpha value is -0.810. The third-order valence-electron chi connectivity index (χ3n) is 2.33. The van der Waals surface area contributed by atoms with Gasteiger partial charge in [0.1, 0.15) is 5.60 Å². The topological polar surface area (TPSA) is 67.8 Å². The molecule has 0 rings (SSSR count). The number of hydrogen-bond donors (Lipinski definition) is 2. The van der Waals surface area contributed by atoms with Gasteiger partial charge in [0, 0.05) is 13.2 Å². The van der Waals surface area contributed by atoms with Crippen molar-refractivity contribution in [2.24, 2.45) is 0 Å². The minimum Gasteiger partial charge on any atom is -0.444 e. The van der Waals surface area contributed by atoms with Crippen LogP contribution < -0.4 is 5.32 Å². The number of aliphatic hydroxyl groups excluding tert-OH is 1. The second kappa shape index (κ2) is 6.21. The number of aliphatic hydroxyl groups is 1. The van der Waals surface area contributed by atoms with Crippen molar-refractivity contribution in [3.8, 4) is 0 Å². The van der Waals surface area contributed by atoms with E-state index in [1.54, 1.807) is 6.92 Å². The number of ether oxygens (including phenoxy) is 2. The van der Waals surface area contributed by atoms with Crippen molar-refractivity contribution in [2.45, 2.75) is 58.3 Å². The van der Waals surface area contributed by atoms with Gasteiger partial charge in [0.25, 0.3) is 0 Å². The van der Waals surface area contributed by atoms with Gasteiger partial charge in [0.15, 0.2) is 0 Å². The fourth-order valence-corrected chi connectivity index (χ4v) is 1.42. The lowest BCUT2D eigenvalue weighted by atomic mass is 9.98. The van der Waals surface area contributed by atoms with Gasteiger partial charge in [0.2, 0.25) is 0 Å². The number of alkyl carbamates (subject to hydrolysis) is 1. The first-order valence-corrected chi connectivity index (χ1v) is 5.77. The van der Waals surface area contributed by atoms with Crippen LogP contribution in [0, 0.1) is 0 Å². The molecule has 5 heteroatoms. The summed E-state index contributed by atoms with van der Waals surface area (Å²) >= 11 is 0. The zero-order valence-corrected chi connectivity index (χ0v) is 11.7. The molecular weight excluding hydrogens is 222 g/mol. The molecular formula is C12H25NO4. The van der Waals surface area contributed by atoms with Crippen LogP contribution in [0.5, 0.6) is 0 Å². The maximum atomic E-state index is 11.5. The van der Waals surface area contributed by atoms with Gasteiger partial charge >= 0.3 is 6.09 Å². The van der Waals surface area contributed by atoms with E-state index < -0.39 is 17.3 Å². The summed E-state index contributed by atoms with van der Waals surface area (Å²) in [6, 6.07) is -0.137. The average Bonchev–Trinajstić information content (AvgIpc) is 2.14. The van der Waals surface area contributed by atoms with Gasteiger partial charge in [-0.2, -0.15) is 0 Å². The normalized spacial score (nSPS) is 17.1. The van der Waals surface area contributed by atoms with Crippen molar-refractivity contribution >= 4 is 6.09 Å². The van der Waals surface area contributed by atoms with Crippen molar-refractivity contribution in [1.82, 2.24) is 5.32 Å². The van der Waals surface area contributed by atoms with Crippen molar-refractivity contribution < 1.29 is 19.4 Å². The highest BCUT2D eigenvalue weighted by atomic mass is 16.6. The lowest BCUT2D eigenvalue weighted by Gasteiger charge is -2.29. The minimum atomic E-state index is -0.644. The molecule has 2 N–H and O–H groups in total. The Morgan fingerprint density at radius 2 is 1.88 bits per heavy atom. The Kier molecular flexibility index (Phi) is 5.92. The summed E-state index contributed by atoms with van der Waals surface area (Å²) in [5, 5.41) is 11.9. The van der Waals surface area contributed by atoms with E-state index in [-0.39, 0.29) is 12.6 Å².